The van der Waals surface area contributed by atoms with Crippen molar-refractivity contribution in [2.24, 2.45) is 0 Å². The molecule has 0 aliphatic carbocycles. The minimum absolute atomic E-state index is 0.0645. The summed E-state index contributed by atoms with van der Waals surface area (Å²) in [6, 6.07) is 10.7. The van der Waals surface area contributed by atoms with Gasteiger partial charge in [-0.15, -0.1) is 11.8 Å². The normalized spacial score (nSPS) is 11.0. The average Bonchev–Trinajstić information content (AvgIpc) is 2.59. The maximum Gasteiger partial charge on any atom is 0.416 e. The number of nitrogens with one attached hydrogen (secondary N) is 1. The van der Waals surface area contributed by atoms with E-state index in [1.54, 1.807) is 12.1 Å². The Bertz CT molecular complexity index is 760. The molecule has 0 saturated carbocycles. The number of hydrogen-bond donors (Lipinski definition) is 1. The number of carbonyl (C=O) groups is 2. The van der Waals surface area contributed by atoms with Crippen LogP contribution in [0.1, 0.15) is 15.9 Å². The highest BCUT2D eigenvalue weighted by molar-refractivity contribution is 7.98. The van der Waals surface area contributed by atoms with Crippen LogP contribution in [-0.4, -0.2) is 24.7 Å². The smallest absolute Gasteiger partial charge is 0.416 e. The Hall–Kier alpha value is -2.48. The van der Waals surface area contributed by atoms with Crippen molar-refractivity contribution in [3.63, 3.8) is 0 Å². The number of carbonyl (C=O) groups excluding carboxylic acids is 2. The van der Waals surface area contributed by atoms with Crippen molar-refractivity contribution in [1.82, 2.24) is 0 Å². The monoisotopic (exact) mass is 369 g/mol. The van der Waals surface area contributed by atoms with Crippen LogP contribution in [-0.2, 0) is 15.7 Å². The molecule has 0 fully saturated rings. The second kappa shape index (κ2) is 8.06. The Balaban J connectivity index is 1.92. The van der Waals surface area contributed by atoms with Crippen molar-refractivity contribution >= 4 is 29.3 Å². The van der Waals surface area contributed by atoms with Crippen molar-refractivity contribution in [3.8, 4) is 0 Å². The molecule has 4 nitrogen and oxygen atoms in total. The van der Waals surface area contributed by atoms with Gasteiger partial charge in [0.1, 0.15) is 0 Å². The van der Waals surface area contributed by atoms with E-state index in [0.717, 1.165) is 29.2 Å². The van der Waals surface area contributed by atoms with E-state index in [4.69, 9.17) is 4.74 Å². The fourth-order valence-corrected chi connectivity index (χ4v) is 2.50. The highest BCUT2D eigenvalue weighted by Crippen LogP contribution is 2.29. The summed E-state index contributed by atoms with van der Waals surface area (Å²) in [4.78, 5) is 24.5. The van der Waals surface area contributed by atoms with Crippen LogP contribution < -0.4 is 5.32 Å². The number of hydrogen-bond acceptors (Lipinski definition) is 4. The molecule has 0 bridgehead atoms. The number of benzene rings is 2. The van der Waals surface area contributed by atoms with Gasteiger partial charge in [-0.3, -0.25) is 4.79 Å². The summed E-state index contributed by atoms with van der Waals surface area (Å²) in [5.41, 5.74) is -0.341. The lowest BCUT2D eigenvalue weighted by atomic mass is 10.1. The lowest BCUT2D eigenvalue weighted by molar-refractivity contribution is -0.137. The molecular weight excluding hydrogens is 355 g/mol. The molecule has 0 heterocycles. The van der Waals surface area contributed by atoms with Crippen LogP contribution >= 0.6 is 11.8 Å². The van der Waals surface area contributed by atoms with E-state index < -0.39 is 30.2 Å². The van der Waals surface area contributed by atoms with E-state index in [-0.39, 0.29) is 5.56 Å². The first kappa shape index (κ1) is 18.9. The number of para-hydroxylation sites is 1. The van der Waals surface area contributed by atoms with E-state index >= 15 is 0 Å². The van der Waals surface area contributed by atoms with E-state index in [9.17, 15) is 22.8 Å². The Morgan fingerprint density at radius 1 is 1.08 bits per heavy atom. The maximum absolute atomic E-state index is 12.5. The topological polar surface area (TPSA) is 55.4 Å². The molecule has 0 aromatic heterocycles. The molecular formula is C17H14F3NO3S. The number of ether oxygens (including phenoxy) is 1. The Kier molecular flexibility index (Phi) is 6.08. The van der Waals surface area contributed by atoms with Crippen LogP contribution in [0.15, 0.2) is 53.4 Å². The summed E-state index contributed by atoms with van der Waals surface area (Å²) in [6.45, 7) is -0.539. The largest absolute Gasteiger partial charge is 0.452 e. The summed E-state index contributed by atoms with van der Waals surface area (Å²) >= 11 is 1.45. The molecule has 1 N–H and O–H groups in total. The van der Waals surface area contributed by atoms with Crippen LogP contribution in [0.25, 0.3) is 0 Å². The SMILES string of the molecule is CSc1ccccc1NC(=O)COC(=O)c1ccc(C(F)(F)F)cc1. The molecule has 0 spiro atoms. The molecule has 25 heavy (non-hydrogen) atoms. The molecule has 2 rings (SSSR count). The van der Waals surface area contributed by atoms with Gasteiger partial charge in [0.25, 0.3) is 5.91 Å². The second-order valence-corrected chi connectivity index (χ2v) is 5.75. The van der Waals surface area contributed by atoms with Gasteiger partial charge in [0.05, 0.1) is 16.8 Å². The highest BCUT2D eigenvalue weighted by Gasteiger charge is 2.30. The first-order valence-electron chi connectivity index (χ1n) is 7.08. The molecule has 0 aliphatic rings. The van der Waals surface area contributed by atoms with Gasteiger partial charge in [0.15, 0.2) is 6.61 Å². The summed E-state index contributed by atoms with van der Waals surface area (Å²) in [6.07, 6.45) is -2.62. The predicted molar refractivity (Wildman–Crippen MR) is 88.6 cm³/mol. The summed E-state index contributed by atoms with van der Waals surface area (Å²) in [5.74, 6) is -1.41. The molecule has 2 aromatic rings. The van der Waals surface area contributed by atoms with Crippen molar-refractivity contribution < 1.29 is 27.5 Å². The van der Waals surface area contributed by atoms with Crippen LogP contribution in [0.3, 0.4) is 0 Å². The number of halogens is 3. The van der Waals surface area contributed by atoms with E-state index in [0.29, 0.717) is 5.69 Å². The first-order chi connectivity index (χ1) is 11.8. The number of amides is 1. The van der Waals surface area contributed by atoms with Gasteiger partial charge >= 0.3 is 12.1 Å². The molecule has 0 unspecified atom stereocenters. The van der Waals surface area contributed by atoms with Crippen molar-refractivity contribution in [1.29, 1.82) is 0 Å². The third-order valence-electron chi connectivity index (χ3n) is 3.16. The van der Waals surface area contributed by atoms with Gasteiger partial charge in [-0.2, -0.15) is 13.2 Å². The van der Waals surface area contributed by atoms with Crippen molar-refractivity contribution in [3.05, 3.63) is 59.7 Å². The Morgan fingerprint density at radius 2 is 1.72 bits per heavy atom. The lowest BCUT2D eigenvalue weighted by Gasteiger charge is -2.10. The summed E-state index contributed by atoms with van der Waals surface area (Å²) in [5, 5.41) is 2.61. The summed E-state index contributed by atoms with van der Waals surface area (Å²) < 4.78 is 42.2. The number of anilines is 1. The number of thioether (sulfide) groups is 1. The zero-order chi connectivity index (χ0) is 18.4. The van der Waals surface area contributed by atoms with Crippen molar-refractivity contribution in [2.45, 2.75) is 11.1 Å². The average molecular weight is 369 g/mol. The molecule has 1 amide bonds. The third kappa shape index (κ3) is 5.25. The minimum atomic E-state index is -4.48. The zero-order valence-corrected chi connectivity index (χ0v) is 13.9. The van der Waals surface area contributed by atoms with E-state index in [2.05, 4.69) is 5.32 Å². The third-order valence-corrected chi connectivity index (χ3v) is 3.96. The fourth-order valence-electron chi connectivity index (χ4n) is 1.94. The van der Waals surface area contributed by atoms with Gasteiger partial charge in [0, 0.05) is 4.90 Å². The zero-order valence-electron chi connectivity index (χ0n) is 13.1. The molecule has 0 radical (unpaired) electrons. The maximum atomic E-state index is 12.5. The van der Waals surface area contributed by atoms with Crippen LogP contribution in [0.5, 0.6) is 0 Å². The van der Waals surface area contributed by atoms with Gasteiger partial charge in [-0.05, 0) is 42.7 Å². The molecule has 0 aliphatic heterocycles. The Labute approximate surface area is 146 Å². The van der Waals surface area contributed by atoms with E-state index in [1.165, 1.54) is 11.8 Å². The van der Waals surface area contributed by atoms with Crippen LogP contribution in [0, 0.1) is 0 Å². The fraction of sp³-hybridized carbons (Fsp3) is 0.176. The number of alkyl halides is 3. The number of esters is 1. The molecule has 8 heteroatoms. The lowest BCUT2D eigenvalue weighted by Crippen LogP contribution is -2.21. The quantitative estimate of drug-likeness (QED) is 0.633. The van der Waals surface area contributed by atoms with Crippen LogP contribution in [0.2, 0.25) is 0 Å². The standard InChI is InChI=1S/C17H14F3NO3S/c1-25-14-5-3-2-4-13(14)21-15(22)10-24-16(23)11-6-8-12(9-7-11)17(18,19)20/h2-9H,10H2,1H3,(H,21,22). The second-order valence-electron chi connectivity index (χ2n) is 4.90. The van der Waals surface area contributed by atoms with Gasteiger partial charge < -0.3 is 10.1 Å². The molecule has 132 valence electrons. The molecule has 0 atom stereocenters. The van der Waals surface area contributed by atoms with Gasteiger partial charge in [-0.25, -0.2) is 4.79 Å². The number of rotatable bonds is 5. The molecule has 2 aromatic carbocycles. The Morgan fingerprint density at radius 3 is 2.32 bits per heavy atom. The van der Waals surface area contributed by atoms with Gasteiger partial charge in [0.2, 0.25) is 0 Å². The van der Waals surface area contributed by atoms with E-state index in [1.807, 2.05) is 18.4 Å². The van der Waals surface area contributed by atoms with Gasteiger partial charge in [-0.1, -0.05) is 12.1 Å². The highest BCUT2D eigenvalue weighted by atomic mass is 32.2. The first-order valence-corrected chi connectivity index (χ1v) is 8.31. The van der Waals surface area contributed by atoms with Crippen LogP contribution in [0.4, 0.5) is 18.9 Å². The minimum Gasteiger partial charge on any atom is -0.452 e. The molecule has 0 saturated heterocycles. The summed E-state index contributed by atoms with van der Waals surface area (Å²) in [7, 11) is 0. The van der Waals surface area contributed by atoms with Crippen molar-refractivity contribution in [2.75, 3.05) is 18.2 Å². The predicted octanol–water partition coefficient (Wildman–Crippen LogP) is 4.22.